The molecule has 0 saturated carbocycles. The Hall–Kier alpha value is -2.38. The van der Waals surface area contributed by atoms with Gasteiger partial charge in [-0.2, -0.15) is 4.98 Å². The standard InChI is InChI=1S/C12H17N5O3/c1-4-13-12-14-6(3)7-9(16-12)17(5-2)10(18)8(15-7)11(19)20/h8,15H,4-5H2,1-3H3,(H,19,20)(H,13,14,16)/t8-/m0/s1. The first kappa shape index (κ1) is 14.0. The highest BCUT2D eigenvalue weighted by Gasteiger charge is 2.38. The third-order valence-corrected chi connectivity index (χ3v) is 3.03. The number of carboxylic acid groups (broad SMARTS) is 1. The SMILES string of the molecule is CCNc1nc(C)c2c(n1)N(CC)C(=O)[C@@H](C(=O)O)N2. The van der Waals surface area contributed by atoms with Gasteiger partial charge in [-0.3, -0.25) is 9.69 Å². The molecule has 1 amide bonds. The van der Waals surface area contributed by atoms with Crippen LogP contribution in [-0.4, -0.2) is 46.1 Å². The topological polar surface area (TPSA) is 107 Å². The number of anilines is 3. The van der Waals surface area contributed by atoms with E-state index in [9.17, 15) is 9.59 Å². The normalized spacial score (nSPS) is 17.4. The largest absolute Gasteiger partial charge is 0.479 e. The summed E-state index contributed by atoms with van der Waals surface area (Å²) in [7, 11) is 0. The van der Waals surface area contributed by atoms with E-state index in [0.29, 0.717) is 36.2 Å². The van der Waals surface area contributed by atoms with Crippen molar-refractivity contribution in [2.75, 3.05) is 28.6 Å². The van der Waals surface area contributed by atoms with E-state index < -0.39 is 17.9 Å². The second kappa shape index (κ2) is 5.32. The molecule has 2 heterocycles. The molecule has 8 heteroatoms. The van der Waals surface area contributed by atoms with E-state index in [1.54, 1.807) is 13.8 Å². The number of nitrogens with one attached hydrogen (secondary N) is 2. The molecule has 0 aliphatic carbocycles. The van der Waals surface area contributed by atoms with Crippen molar-refractivity contribution >= 4 is 29.3 Å². The van der Waals surface area contributed by atoms with Crippen LogP contribution in [0.1, 0.15) is 19.5 Å². The molecule has 0 unspecified atom stereocenters. The van der Waals surface area contributed by atoms with Gasteiger partial charge in [0.1, 0.15) is 5.69 Å². The molecule has 20 heavy (non-hydrogen) atoms. The molecule has 8 nitrogen and oxygen atoms in total. The molecule has 0 aromatic carbocycles. The van der Waals surface area contributed by atoms with E-state index in [-0.39, 0.29) is 0 Å². The van der Waals surface area contributed by atoms with Crippen molar-refractivity contribution < 1.29 is 14.7 Å². The molecule has 1 aliphatic heterocycles. The van der Waals surface area contributed by atoms with Crippen LogP contribution in [0.4, 0.5) is 17.5 Å². The zero-order valence-corrected chi connectivity index (χ0v) is 11.6. The Morgan fingerprint density at radius 3 is 2.70 bits per heavy atom. The zero-order chi connectivity index (χ0) is 14.9. The van der Waals surface area contributed by atoms with Crippen LogP contribution in [-0.2, 0) is 9.59 Å². The van der Waals surface area contributed by atoms with Crippen molar-refractivity contribution in [1.29, 1.82) is 0 Å². The second-order valence-corrected chi connectivity index (χ2v) is 4.36. The van der Waals surface area contributed by atoms with Gasteiger partial charge in [-0.15, -0.1) is 0 Å². The molecule has 1 aromatic rings. The first-order valence-corrected chi connectivity index (χ1v) is 6.42. The summed E-state index contributed by atoms with van der Waals surface area (Å²) < 4.78 is 0. The summed E-state index contributed by atoms with van der Waals surface area (Å²) in [6.45, 7) is 6.44. The van der Waals surface area contributed by atoms with E-state index in [1.807, 2.05) is 6.92 Å². The van der Waals surface area contributed by atoms with Crippen LogP contribution in [0.15, 0.2) is 0 Å². The maximum atomic E-state index is 12.1. The maximum Gasteiger partial charge on any atom is 0.336 e. The maximum absolute atomic E-state index is 12.1. The van der Waals surface area contributed by atoms with Gasteiger partial charge in [0.2, 0.25) is 12.0 Å². The molecule has 108 valence electrons. The molecule has 1 atom stereocenters. The number of rotatable bonds is 4. The van der Waals surface area contributed by atoms with E-state index in [0.717, 1.165) is 0 Å². The fraction of sp³-hybridized carbons (Fsp3) is 0.500. The second-order valence-electron chi connectivity index (χ2n) is 4.36. The van der Waals surface area contributed by atoms with Crippen molar-refractivity contribution in [2.45, 2.75) is 26.8 Å². The summed E-state index contributed by atoms with van der Waals surface area (Å²) in [5, 5.41) is 14.8. The quantitative estimate of drug-likeness (QED) is 0.687. The van der Waals surface area contributed by atoms with Gasteiger partial charge < -0.3 is 15.7 Å². The smallest absolute Gasteiger partial charge is 0.336 e. The third-order valence-electron chi connectivity index (χ3n) is 3.03. The van der Waals surface area contributed by atoms with E-state index in [2.05, 4.69) is 20.6 Å². The highest BCUT2D eigenvalue weighted by atomic mass is 16.4. The number of likely N-dealkylation sites (N-methyl/N-ethyl adjacent to an activating group) is 1. The van der Waals surface area contributed by atoms with Crippen molar-refractivity contribution in [1.82, 2.24) is 9.97 Å². The van der Waals surface area contributed by atoms with Gasteiger partial charge in [0.05, 0.1) is 5.69 Å². The number of aromatic nitrogens is 2. The van der Waals surface area contributed by atoms with Gasteiger partial charge in [-0.25, -0.2) is 9.78 Å². The van der Waals surface area contributed by atoms with Crippen molar-refractivity contribution in [3.05, 3.63) is 5.69 Å². The zero-order valence-electron chi connectivity index (χ0n) is 11.6. The lowest BCUT2D eigenvalue weighted by Crippen LogP contribution is -2.51. The van der Waals surface area contributed by atoms with Crippen LogP contribution >= 0.6 is 0 Å². The van der Waals surface area contributed by atoms with E-state index >= 15 is 0 Å². The van der Waals surface area contributed by atoms with E-state index in [1.165, 1.54) is 4.90 Å². The number of carbonyl (C=O) groups excluding carboxylic acids is 1. The number of fused-ring (bicyclic) bond motifs is 1. The molecular weight excluding hydrogens is 262 g/mol. The lowest BCUT2D eigenvalue weighted by Gasteiger charge is -2.32. The summed E-state index contributed by atoms with van der Waals surface area (Å²) >= 11 is 0. The van der Waals surface area contributed by atoms with Crippen LogP contribution in [0.5, 0.6) is 0 Å². The summed E-state index contributed by atoms with van der Waals surface area (Å²) in [5.74, 6) is -0.897. The lowest BCUT2D eigenvalue weighted by atomic mass is 10.1. The van der Waals surface area contributed by atoms with Gasteiger partial charge in [-0.05, 0) is 20.8 Å². The van der Waals surface area contributed by atoms with Crippen LogP contribution in [0, 0.1) is 6.92 Å². The predicted octanol–water partition coefficient (Wildman–Crippen LogP) is 0.448. The molecule has 0 radical (unpaired) electrons. The Kier molecular flexibility index (Phi) is 3.73. The Bertz CT molecular complexity index is 560. The fourth-order valence-electron chi connectivity index (χ4n) is 2.10. The summed E-state index contributed by atoms with van der Waals surface area (Å²) in [4.78, 5) is 33.2. The molecule has 0 spiro atoms. The Morgan fingerprint density at radius 1 is 1.45 bits per heavy atom. The van der Waals surface area contributed by atoms with Gasteiger partial charge in [0.15, 0.2) is 5.82 Å². The van der Waals surface area contributed by atoms with Crippen LogP contribution in [0.2, 0.25) is 0 Å². The molecule has 0 fully saturated rings. The summed E-state index contributed by atoms with van der Waals surface area (Å²) in [6.07, 6.45) is 0. The Labute approximate surface area is 116 Å². The van der Waals surface area contributed by atoms with E-state index in [4.69, 9.17) is 5.11 Å². The molecule has 1 aliphatic rings. The Morgan fingerprint density at radius 2 is 2.15 bits per heavy atom. The highest BCUT2D eigenvalue weighted by molar-refractivity contribution is 6.14. The average molecular weight is 279 g/mol. The molecule has 0 saturated heterocycles. The first-order chi connectivity index (χ1) is 9.49. The minimum atomic E-state index is -1.30. The molecule has 3 N–H and O–H groups in total. The summed E-state index contributed by atoms with van der Waals surface area (Å²) in [5.41, 5.74) is 1.09. The number of carboxylic acids is 1. The number of nitrogens with zero attached hydrogens (tertiary/aromatic N) is 3. The number of amides is 1. The lowest BCUT2D eigenvalue weighted by molar-refractivity contribution is -0.141. The molecule has 1 aromatic heterocycles. The van der Waals surface area contributed by atoms with Crippen LogP contribution < -0.4 is 15.5 Å². The minimum Gasteiger partial charge on any atom is -0.479 e. The number of aryl methyl sites for hydroxylation is 1. The third kappa shape index (κ3) is 2.24. The fourth-order valence-corrected chi connectivity index (χ4v) is 2.10. The monoisotopic (exact) mass is 279 g/mol. The predicted molar refractivity (Wildman–Crippen MR) is 74.0 cm³/mol. The van der Waals surface area contributed by atoms with Gasteiger partial charge in [-0.1, -0.05) is 0 Å². The number of hydrogen-bond donors (Lipinski definition) is 3. The average Bonchev–Trinajstić information content (AvgIpc) is 2.38. The van der Waals surface area contributed by atoms with Gasteiger partial charge in [0.25, 0.3) is 5.91 Å². The van der Waals surface area contributed by atoms with Gasteiger partial charge >= 0.3 is 5.97 Å². The highest BCUT2D eigenvalue weighted by Crippen LogP contribution is 2.32. The summed E-state index contributed by atoms with van der Waals surface area (Å²) in [6, 6.07) is -1.30. The molecule has 0 bridgehead atoms. The minimum absolute atomic E-state index is 0.347. The number of carbonyl (C=O) groups is 2. The van der Waals surface area contributed by atoms with Crippen LogP contribution in [0.25, 0.3) is 0 Å². The number of hydrogen-bond acceptors (Lipinski definition) is 6. The van der Waals surface area contributed by atoms with Crippen LogP contribution in [0.3, 0.4) is 0 Å². The number of aliphatic carboxylic acids is 1. The van der Waals surface area contributed by atoms with Gasteiger partial charge in [0, 0.05) is 13.1 Å². The first-order valence-electron chi connectivity index (χ1n) is 6.42. The molecule has 2 rings (SSSR count). The Balaban J connectivity index is 2.53. The van der Waals surface area contributed by atoms with Crippen molar-refractivity contribution in [3.63, 3.8) is 0 Å². The van der Waals surface area contributed by atoms with Crippen molar-refractivity contribution in [3.8, 4) is 0 Å². The molecular formula is C12H17N5O3. The van der Waals surface area contributed by atoms with Crippen molar-refractivity contribution in [2.24, 2.45) is 0 Å².